The summed E-state index contributed by atoms with van der Waals surface area (Å²) >= 11 is 5.49. The van der Waals surface area contributed by atoms with E-state index < -0.39 is 16.7 Å². The lowest BCUT2D eigenvalue weighted by atomic mass is 9.87. The standard InChI is InChI=1S/C14H13ClF2N2O2/c15-14-9(16)3-8(4-10(14)17)11-5-7(1-2-18-11)12-6-13(20)19-21-12/h3-4,6-7,11,18H,1-2,5H2,(H,19,20)/t7-,11-/m1/s1. The van der Waals surface area contributed by atoms with Crippen molar-refractivity contribution in [2.24, 2.45) is 0 Å². The smallest absolute Gasteiger partial charge is 0.280 e. The fourth-order valence-electron chi connectivity index (χ4n) is 2.70. The lowest BCUT2D eigenvalue weighted by Crippen LogP contribution is -2.31. The van der Waals surface area contributed by atoms with Crippen molar-refractivity contribution in [2.45, 2.75) is 24.8 Å². The summed E-state index contributed by atoms with van der Waals surface area (Å²) in [7, 11) is 0. The Morgan fingerprint density at radius 2 is 1.95 bits per heavy atom. The minimum Gasteiger partial charge on any atom is -0.383 e. The Labute approximate surface area is 124 Å². The highest BCUT2D eigenvalue weighted by Crippen LogP contribution is 2.35. The predicted molar refractivity (Wildman–Crippen MR) is 73.4 cm³/mol. The first-order valence-electron chi connectivity index (χ1n) is 6.61. The van der Waals surface area contributed by atoms with Crippen LogP contribution in [0.4, 0.5) is 8.78 Å². The zero-order chi connectivity index (χ0) is 15.0. The maximum absolute atomic E-state index is 13.6. The molecule has 0 amide bonds. The van der Waals surface area contributed by atoms with Crippen LogP contribution in [0.3, 0.4) is 0 Å². The molecular formula is C14H13ClF2N2O2. The first kappa shape index (κ1) is 14.3. The highest BCUT2D eigenvalue weighted by atomic mass is 35.5. The van der Waals surface area contributed by atoms with Crippen molar-refractivity contribution in [3.05, 3.63) is 56.5 Å². The monoisotopic (exact) mass is 314 g/mol. The van der Waals surface area contributed by atoms with E-state index >= 15 is 0 Å². The van der Waals surface area contributed by atoms with Gasteiger partial charge in [-0.3, -0.25) is 4.79 Å². The van der Waals surface area contributed by atoms with Gasteiger partial charge in [-0.2, -0.15) is 5.16 Å². The number of rotatable bonds is 2. The Kier molecular flexibility index (Phi) is 3.82. The average Bonchev–Trinajstić information content (AvgIpc) is 2.91. The van der Waals surface area contributed by atoms with Crippen LogP contribution in [0.15, 0.2) is 27.5 Å². The summed E-state index contributed by atoms with van der Waals surface area (Å²) in [5.74, 6) is -0.953. The first-order valence-corrected chi connectivity index (χ1v) is 6.98. The molecule has 2 N–H and O–H groups in total. The SMILES string of the molecule is O=c1cc([C@@H]2CCN[C@@H](c3cc(F)c(Cl)c(F)c3)C2)o[nH]1. The van der Waals surface area contributed by atoms with Gasteiger partial charge in [-0.15, -0.1) is 0 Å². The molecule has 1 aromatic carbocycles. The maximum atomic E-state index is 13.6. The second-order valence-electron chi connectivity index (χ2n) is 5.14. The number of aromatic amines is 1. The fourth-order valence-corrected chi connectivity index (χ4v) is 2.81. The lowest BCUT2D eigenvalue weighted by Gasteiger charge is -2.29. The minimum atomic E-state index is -0.774. The molecule has 1 fully saturated rings. The minimum absolute atomic E-state index is 0.0250. The Morgan fingerprint density at radius 1 is 1.24 bits per heavy atom. The van der Waals surface area contributed by atoms with Gasteiger partial charge in [-0.05, 0) is 37.1 Å². The van der Waals surface area contributed by atoms with Gasteiger partial charge >= 0.3 is 0 Å². The van der Waals surface area contributed by atoms with Gasteiger partial charge in [0.25, 0.3) is 5.56 Å². The molecule has 0 radical (unpaired) electrons. The molecule has 0 bridgehead atoms. The van der Waals surface area contributed by atoms with Crippen molar-refractivity contribution in [1.29, 1.82) is 0 Å². The van der Waals surface area contributed by atoms with E-state index in [0.29, 0.717) is 24.3 Å². The highest BCUT2D eigenvalue weighted by molar-refractivity contribution is 6.30. The zero-order valence-electron chi connectivity index (χ0n) is 11.0. The van der Waals surface area contributed by atoms with E-state index in [9.17, 15) is 13.6 Å². The number of nitrogens with one attached hydrogen (secondary N) is 2. The predicted octanol–water partition coefficient (Wildman–Crippen LogP) is 3.11. The molecule has 7 heteroatoms. The maximum Gasteiger partial charge on any atom is 0.280 e. The van der Waals surface area contributed by atoms with Crippen LogP contribution in [0.5, 0.6) is 0 Å². The van der Waals surface area contributed by atoms with Crippen LogP contribution in [0.1, 0.15) is 36.1 Å². The van der Waals surface area contributed by atoms with E-state index in [1.165, 1.54) is 18.2 Å². The van der Waals surface area contributed by atoms with E-state index in [1.807, 2.05) is 0 Å². The van der Waals surface area contributed by atoms with Crippen molar-refractivity contribution in [1.82, 2.24) is 10.5 Å². The number of hydrogen-bond acceptors (Lipinski definition) is 3. The number of benzene rings is 1. The summed E-state index contributed by atoms with van der Waals surface area (Å²) in [5.41, 5.74) is 0.209. The zero-order valence-corrected chi connectivity index (χ0v) is 11.7. The fraction of sp³-hybridized carbons (Fsp3) is 0.357. The second kappa shape index (κ2) is 5.61. The third kappa shape index (κ3) is 2.87. The van der Waals surface area contributed by atoms with Gasteiger partial charge in [0.2, 0.25) is 0 Å². The summed E-state index contributed by atoms with van der Waals surface area (Å²) < 4.78 is 32.2. The van der Waals surface area contributed by atoms with Gasteiger partial charge in [0.05, 0.1) is 0 Å². The Hall–Kier alpha value is -1.66. The average molecular weight is 315 g/mol. The van der Waals surface area contributed by atoms with Crippen LogP contribution in [-0.4, -0.2) is 11.7 Å². The molecule has 1 aromatic heterocycles. The van der Waals surface area contributed by atoms with Gasteiger partial charge in [0, 0.05) is 18.0 Å². The van der Waals surface area contributed by atoms with E-state index in [0.717, 1.165) is 6.42 Å². The van der Waals surface area contributed by atoms with E-state index in [1.54, 1.807) is 0 Å². The van der Waals surface area contributed by atoms with E-state index in [2.05, 4.69) is 10.5 Å². The molecule has 0 saturated carbocycles. The van der Waals surface area contributed by atoms with Crippen LogP contribution < -0.4 is 10.9 Å². The quantitative estimate of drug-likeness (QED) is 0.837. The molecule has 112 valence electrons. The van der Waals surface area contributed by atoms with Gasteiger partial charge in [0.1, 0.15) is 22.4 Å². The van der Waals surface area contributed by atoms with Crippen LogP contribution >= 0.6 is 11.6 Å². The Balaban J connectivity index is 1.84. The van der Waals surface area contributed by atoms with Crippen molar-refractivity contribution in [3.63, 3.8) is 0 Å². The second-order valence-corrected chi connectivity index (χ2v) is 5.52. The molecular weight excluding hydrogens is 302 g/mol. The number of piperidine rings is 1. The molecule has 2 atom stereocenters. The summed E-state index contributed by atoms with van der Waals surface area (Å²) in [6.45, 7) is 0.663. The van der Waals surface area contributed by atoms with Crippen LogP contribution in [-0.2, 0) is 0 Å². The molecule has 1 aliphatic rings. The van der Waals surface area contributed by atoms with Crippen molar-refractivity contribution in [2.75, 3.05) is 6.54 Å². The first-order chi connectivity index (χ1) is 10.0. The molecule has 0 unspecified atom stereocenters. The number of hydrogen-bond donors (Lipinski definition) is 2. The third-order valence-corrected chi connectivity index (χ3v) is 4.12. The molecule has 2 aromatic rings. The number of H-pyrrole nitrogens is 1. The summed E-state index contributed by atoms with van der Waals surface area (Å²) in [4.78, 5) is 11.1. The Bertz CT molecular complexity index is 690. The summed E-state index contributed by atoms with van der Waals surface area (Å²) in [5, 5.41) is 4.97. The van der Waals surface area contributed by atoms with Crippen LogP contribution in [0.25, 0.3) is 0 Å². The number of halogens is 3. The largest absolute Gasteiger partial charge is 0.383 e. The molecule has 2 heterocycles. The van der Waals surface area contributed by atoms with E-state index in [4.69, 9.17) is 16.1 Å². The van der Waals surface area contributed by atoms with Crippen LogP contribution in [0.2, 0.25) is 5.02 Å². The molecule has 4 nitrogen and oxygen atoms in total. The molecule has 0 spiro atoms. The highest BCUT2D eigenvalue weighted by Gasteiger charge is 2.27. The normalized spacial score (nSPS) is 22.4. The Morgan fingerprint density at radius 3 is 2.57 bits per heavy atom. The lowest BCUT2D eigenvalue weighted by molar-refractivity contribution is 0.295. The van der Waals surface area contributed by atoms with Gasteiger partial charge in [-0.1, -0.05) is 11.6 Å². The molecule has 3 rings (SSSR count). The molecule has 1 aliphatic heterocycles. The molecule has 21 heavy (non-hydrogen) atoms. The number of aromatic nitrogens is 1. The van der Waals surface area contributed by atoms with Gasteiger partial charge in [-0.25, -0.2) is 8.78 Å². The summed E-state index contributed by atoms with van der Waals surface area (Å²) in [6.07, 6.45) is 1.37. The van der Waals surface area contributed by atoms with Gasteiger partial charge in [0.15, 0.2) is 0 Å². The van der Waals surface area contributed by atoms with Gasteiger partial charge < -0.3 is 9.84 Å². The summed E-state index contributed by atoms with van der Waals surface area (Å²) in [6, 6.07) is 3.67. The van der Waals surface area contributed by atoms with Crippen molar-refractivity contribution in [3.8, 4) is 0 Å². The molecule has 1 saturated heterocycles. The van der Waals surface area contributed by atoms with Crippen LogP contribution in [0, 0.1) is 11.6 Å². The van der Waals surface area contributed by atoms with Crippen molar-refractivity contribution >= 4 is 11.6 Å². The topological polar surface area (TPSA) is 58.0 Å². The molecule has 0 aliphatic carbocycles. The van der Waals surface area contributed by atoms with Crippen molar-refractivity contribution < 1.29 is 13.3 Å². The van der Waals surface area contributed by atoms with E-state index in [-0.39, 0.29) is 17.5 Å². The third-order valence-electron chi connectivity index (χ3n) is 3.76.